The van der Waals surface area contributed by atoms with E-state index in [4.69, 9.17) is 10.3 Å². The fourth-order valence-corrected chi connectivity index (χ4v) is 2.46. The van der Waals surface area contributed by atoms with E-state index >= 15 is 0 Å². The largest absolute Gasteiger partial charge is 0.367 e. The molecule has 2 N–H and O–H groups in total. The summed E-state index contributed by atoms with van der Waals surface area (Å²) >= 11 is 0. The molecule has 2 rings (SSSR count). The number of rotatable bonds is 3. The van der Waals surface area contributed by atoms with Crippen LogP contribution in [0.5, 0.6) is 0 Å². The molecule has 108 valence electrons. The van der Waals surface area contributed by atoms with Gasteiger partial charge in [-0.1, -0.05) is 35.0 Å². The highest BCUT2D eigenvalue weighted by Crippen LogP contribution is 2.39. The van der Waals surface area contributed by atoms with Gasteiger partial charge in [0.25, 0.3) is 0 Å². The number of benzene rings is 1. The molecule has 0 aliphatic carbocycles. The molecule has 0 unspecified atom stereocenters. The van der Waals surface area contributed by atoms with Crippen molar-refractivity contribution in [2.24, 2.45) is 0 Å². The second-order valence-electron chi connectivity index (χ2n) is 5.42. The van der Waals surface area contributed by atoms with Gasteiger partial charge >= 0.3 is 0 Å². The Hall–Kier alpha value is -1.82. The number of anilines is 1. The molecule has 0 atom stereocenters. The van der Waals surface area contributed by atoms with E-state index in [-0.39, 0.29) is 5.88 Å². The van der Waals surface area contributed by atoms with Gasteiger partial charge in [-0.05, 0) is 26.3 Å². The minimum Gasteiger partial charge on any atom is -0.367 e. The second kappa shape index (κ2) is 4.63. The van der Waals surface area contributed by atoms with Crippen LogP contribution in [0.4, 0.5) is 5.88 Å². The van der Waals surface area contributed by atoms with Crippen LogP contribution in [0, 0.1) is 6.92 Å². The lowest BCUT2D eigenvalue weighted by Crippen LogP contribution is -2.29. The van der Waals surface area contributed by atoms with Gasteiger partial charge in [0.2, 0.25) is 5.88 Å². The van der Waals surface area contributed by atoms with Gasteiger partial charge in [0, 0.05) is 6.26 Å². The van der Waals surface area contributed by atoms with Gasteiger partial charge in [-0.3, -0.25) is 0 Å². The molecular formula is C14H18N2O3S. The number of sulfone groups is 1. The number of aromatic nitrogens is 1. The monoisotopic (exact) mass is 294 g/mol. The number of nitrogen functional groups attached to an aromatic ring is 1. The maximum Gasteiger partial charge on any atom is 0.230 e. The molecule has 0 radical (unpaired) electrons. The zero-order chi connectivity index (χ0) is 15.1. The smallest absolute Gasteiger partial charge is 0.230 e. The van der Waals surface area contributed by atoms with E-state index < -0.39 is 14.6 Å². The van der Waals surface area contributed by atoms with E-state index in [1.807, 2.05) is 31.2 Å². The molecule has 5 nitrogen and oxygen atoms in total. The van der Waals surface area contributed by atoms with E-state index in [2.05, 4.69) is 5.16 Å². The van der Waals surface area contributed by atoms with Crippen LogP contribution in [-0.2, 0) is 14.6 Å². The maximum atomic E-state index is 12.0. The lowest BCUT2D eigenvalue weighted by atomic mass is 9.97. The van der Waals surface area contributed by atoms with Crippen LogP contribution >= 0.6 is 0 Å². The van der Waals surface area contributed by atoms with Crippen molar-refractivity contribution in [1.82, 2.24) is 5.16 Å². The Morgan fingerprint density at radius 3 is 2.50 bits per heavy atom. The number of nitrogens with two attached hydrogens (primary N) is 1. The van der Waals surface area contributed by atoms with E-state index in [0.29, 0.717) is 11.3 Å². The maximum absolute atomic E-state index is 12.0. The van der Waals surface area contributed by atoms with Crippen LogP contribution in [0.25, 0.3) is 11.1 Å². The number of aryl methyl sites for hydroxylation is 1. The molecule has 0 bridgehead atoms. The first kappa shape index (κ1) is 14.6. The summed E-state index contributed by atoms with van der Waals surface area (Å²) in [4.78, 5) is 0. The second-order valence-corrected chi connectivity index (χ2v) is 7.99. The average Bonchev–Trinajstić information content (AvgIpc) is 2.70. The molecule has 0 saturated carbocycles. The number of nitrogens with zero attached hydrogens (tertiary/aromatic N) is 1. The molecule has 2 aromatic rings. The van der Waals surface area contributed by atoms with E-state index in [1.165, 1.54) is 6.26 Å². The van der Waals surface area contributed by atoms with Gasteiger partial charge in [0.15, 0.2) is 9.84 Å². The molecule has 0 amide bonds. The zero-order valence-electron chi connectivity index (χ0n) is 12.0. The van der Waals surface area contributed by atoms with Crippen LogP contribution in [-0.4, -0.2) is 19.8 Å². The lowest BCUT2D eigenvalue weighted by Gasteiger charge is -2.21. The molecule has 0 aliphatic rings. The Morgan fingerprint density at radius 1 is 1.30 bits per heavy atom. The van der Waals surface area contributed by atoms with Crippen molar-refractivity contribution in [3.63, 3.8) is 0 Å². The third-order valence-corrected chi connectivity index (χ3v) is 5.57. The summed E-state index contributed by atoms with van der Waals surface area (Å²) in [5.41, 5.74) is 8.57. The van der Waals surface area contributed by atoms with Gasteiger partial charge in [0.1, 0.15) is 10.4 Å². The quantitative estimate of drug-likeness (QED) is 0.940. The van der Waals surface area contributed by atoms with Crippen LogP contribution in [0.15, 0.2) is 28.8 Å². The normalized spacial score (nSPS) is 12.6. The lowest BCUT2D eigenvalue weighted by molar-refractivity contribution is 0.417. The van der Waals surface area contributed by atoms with Crippen molar-refractivity contribution in [3.05, 3.63) is 35.5 Å². The first-order valence-electron chi connectivity index (χ1n) is 6.17. The van der Waals surface area contributed by atoms with Crippen molar-refractivity contribution in [3.8, 4) is 11.1 Å². The summed E-state index contributed by atoms with van der Waals surface area (Å²) < 4.78 is 27.8. The van der Waals surface area contributed by atoms with Crippen LogP contribution in [0.1, 0.15) is 25.1 Å². The first-order chi connectivity index (χ1) is 9.14. The van der Waals surface area contributed by atoms with Crippen molar-refractivity contribution < 1.29 is 12.9 Å². The van der Waals surface area contributed by atoms with Gasteiger partial charge in [-0.25, -0.2) is 8.42 Å². The molecule has 0 saturated heterocycles. The predicted octanol–water partition coefficient (Wildman–Crippen LogP) is 2.51. The fraction of sp³-hybridized carbons (Fsp3) is 0.357. The topological polar surface area (TPSA) is 86.2 Å². The van der Waals surface area contributed by atoms with Gasteiger partial charge in [0.05, 0.1) is 5.56 Å². The van der Waals surface area contributed by atoms with Gasteiger partial charge in [-0.2, -0.15) is 0 Å². The summed E-state index contributed by atoms with van der Waals surface area (Å²) in [6.07, 6.45) is 1.18. The van der Waals surface area contributed by atoms with Gasteiger partial charge in [-0.15, -0.1) is 0 Å². The molecule has 1 aromatic heterocycles. The highest BCUT2D eigenvalue weighted by molar-refractivity contribution is 7.91. The average molecular weight is 294 g/mol. The van der Waals surface area contributed by atoms with E-state index in [9.17, 15) is 8.42 Å². The summed E-state index contributed by atoms with van der Waals surface area (Å²) in [5.74, 6) is 0.127. The zero-order valence-corrected chi connectivity index (χ0v) is 12.8. The van der Waals surface area contributed by atoms with Crippen LogP contribution in [0.3, 0.4) is 0 Å². The number of hydrogen-bond acceptors (Lipinski definition) is 5. The third kappa shape index (κ3) is 2.31. The van der Waals surface area contributed by atoms with Crippen molar-refractivity contribution in [2.45, 2.75) is 25.5 Å². The molecule has 1 aromatic carbocycles. The molecule has 0 aliphatic heterocycles. The summed E-state index contributed by atoms with van der Waals surface area (Å²) in [6.45, 7) is 5.15. The fourth-order valence-electron chi connectivity index (χ4n) is 1.97. The minimum absolute atomic E-state index is 0.127. The molecule has 1 heterocycles. The summed E-state index contributed by atoms with van der Waals surface area (Å²) in [6, 6.07) is 7.62. The number of hydrogen-bond donors (Lipinski definition) is 1. The molecule has 6 heteroatoms. The van der Waals surface area contributed by atoms with Crippen molar-refractivity contribution in [2.75, 3.05) is 12.0 Å². The molecule has 0 fully saturated rings. The van der Waals surface area contributed by atoms with E-state index in [1.54, 1.807) is 13.8 Å². The van der Waals surface area contributed by atoms with Crippen LogP contribution < -0.4 is 5.73 Å². The first-order valence-corrected chi connectivity index (χ1v) is 8.06. The van der Waals surface area contributed by atoms with Crippen molar-refractivity contribution in [1.29, 1.82) is 0 Å². The van der Waals surface area contributed by atoms with E-state index in [0.717, 1.165) is 11.1 Å². The summed E-state index contributed by atoms with van der Waals surface area (Å²) in [7, 11) is -3.36. The molecule has 20 heavy (non-hydrogen) atoms. The Labute approximate surface area is 118 Å². The third-order valence-electron chi connectivity index (χ3n) is 3.52. The highest BCUT2D eigenvalue weighted by atomic mass is 32.2. The Bertz CT molecular complexity index is 746. The predicted molar refractivity (Wildman–Crippen MR) is 79.0 cm³/mol. The highest BCUT2D eigenvalue weighted by Gasteiger charge is 2.39. The summed E-state index contributed by atoms with van der Waals surface area (Å²) in [5, 5.41) is 3.88. The van der Waals surface area contributed by atoms with Crippen molar-refractivity contribution >= 4 is 15.7 Å². The molecular weight excluding hydrogens is 276 g/mol. The Morgan fingerprint density at radius 2 is 1.95 bits per heavy atom. The minimum atomic E-state index is -3.36. The van der Waals surface area contributed by atoms with Gasteiger partial charge < -0.3 is 10.3 Å². The molecule has 0 spiro atoms. The Balaban J connectivity index is 2.71. The Kier molecular flexibility index (Phi) is 3.37. The standard InChI is InChI=1S/C14H18N2O3S/c1-9-6-5-7-10(8-9)11-12(16-19-13(11)15)14(2,3)20(4,17)18/h5-8H,15H2,1-4H3. The SMILES string of the molecule is Cc1cccc(-c2c(C(C)(C)S(C)(=O)=O)noc2N)c1. The van der Waals surface area contributed by atoms with Crippen LogP contribution in [0.2, 0.25) is 0 Å².